The summed E-state index contributed by atoms with van der Waals surface area (Å²) in [4.78, 5) is 27.0. The summed E-state index contributed by atoms with van der Waals surface area (Å²) in [6.07, 6.45) is 6.37. The van der Waals surface area contributed by atoms with Crippen LogP contribution in [0.25, 0.3) is 43.6 Å². The number of carbonyl (C=O) groups excluding carboxylic acids is 1. The quantitative estimate of drug-likeness (QED) is 0.0910. The van der Waals surface area contributed by atoms with Crippen LogP contribution in [0, 0.1) is 16.9 Å². The number of ketones is 1. The van der Waals surface area contributed by atoms with E-state index < -0.39 is 0 Å². The molecule has 3 aromatic heterocycles. The van der Waals surface area contributed by atoms with E-state index >= 15 is 0 Å². The Morgan fingerprint density at radius 2 is 1.47 bits per heavy atom. The third-order valence-corrected chi connectivity index (χ3v) is 10.5. The van der Waals surface area contributed by atoms with Crippen molar-refractivity contribution in [3.05, 3.63) is 89.8 Å². The molecular formula is C40H48IrN3O2S-. The van der Waals surface area contributed by atoms with Gasteiger partial charge in [0, 0.05) is 48.1 Å². The Morgan fingerprint density at radius 3 is 2.11 bits per heavy atom. The maximum absolute atomic E-state index is 12.2. The van der Waals surface area contributed by atoms with Gasteiger partial charge < -0.3 is 5.11 Å². The second-order valence-corrected chi connectivity index (χ2v) is 14.5. The molecule has 2 aromatic carbocycles. The number of aromatic nitrogens is 3. The molecule has 0 saturated heterocycles. The zero-order valence-electron chi connectivity index (χ0n) is 29.2. The number of carbonyl (C=O) groups is 1. The number of allylic oxidation sites excluding steroid dienone is 2. The van der Waals surface area contributed by atoms with Crippen molar-refractivity contribution in [2.75, 3.05) is 0 Å². The van der Waals surface area contributed by atoms with Crippen molar-refractivity contribution in [3.63, 3.8) is 0 Å². The predicted molar refractivity (Wildman–Crippen MR) is 194 cm³/mol. The fraction of sp³-hybridized carbons (Fsp3) is 0.400. The van der Waals surface area contributed by atoms with Crippen LogP contribution in [-0.4, -0.2) is 25.8 Å². The van der Waals surface area contributed by atoms with Gasteiger partial charge in [-0.15, -0.1) is 40.5 Å². The monoisotopic (exact) mass is 827 g/mol. The Hall–Kier alpha value is -3.25. The van der Waals surface area contributed by atoms with Crippen molar-refractivity contribution in [2.45, 2.75) is 93.4 Å². The summed E-state index contributed by atoms with van der Waals surface area (Å²) in [7, 11) is 0. The van der Waals surface area contributed by atoms with Crippen molar-refractivity contribution < 1.29 is 30.0 Å². The SMILES string of the molecule is CC(C)(C)c1cc(-c2cc(-c3ccc4ccsc4n3)ncn2)[c-]c2ccccc12.CCC(C)(CC)C(=O)/C=C(\O)C(C)(CC)CC.[Ir]. The number of nitrogens with zero attached hydrogens (tertiary/aromatic N) is 3. The summed E-state index contributed by atoms with van der Waals surface area (Å²) in [5.74, 6) is 0.286. The summed E-state index contributed by atoms with van der Waals surface area (Å²) >= 11 is 1.64. The standard InChI is InChI=1S/C25H20N3S.C15H28O2.Ir/c1-25(2,3)20-13-18(12-17-6-4-5-7-19(17)20)22-14-23(27-15-26-22)21-9-8-16-10-11-29-24(16)28-21;1-7-14(5,8-2)12(16)11-13(17)15(6,9-3)10-4;/h4-11,13-15H,1-3H3;11,16H,7-10H2,1-6H3;/q-1;;/b;12-11-;. The number of aliphatic hydroxyl groups excluding tert-OH is 1. The van der Waals surface area contributed by atoms with E-state index in [1.807, 2.05) is 53.7 Å². The average molecular weight is 827 g/mol. The van der Waals surface area contributed by atoms with Crippen LogP contribution < -0.4 is 0 Å². The van der Waals surface area contributed by atoms with Gasteiger partial charge in [0.15, 0.2) is 5.78 Å². The number of pyridine rings is 1. The first-order valence-electron chi connectivity index (χ1n) is 16.4. The number of fused-ring (bicyclic) bond motifs is 2. The second kappa shape index (κ2) is 15.8. The molecule has 7 heteroatoms. The maximum atomic E-state index is 12.2. The van der Waals surface area contributed by atoms with Crippen molar-refractivity contribution in [1.29, 1.82) is 0 Å². The first kappa shape index (κ1) is 38.2. The van der Waals surface area contributed by atoms with Gasteiger partial charge in [0.2, 0.25) is 0 Å². The van der Waals surface area contributed by atoms with Crippen LogP contribution in [0.3, 0.4) is 0 Å². The normalized spacial score (nSPS) is 12.4. The molecule has 0 amide bonds. The van der Waals surface area contributed by atoms with Gasteiger partial charge in [0.05, 0.1) is 11.4 Å². The number of benzene rings is 2. The third-order valence-electron chi connectivity index (χ3n) is 9.71. The van der Waals surface area contributed by atoms with Crippen LogP contribution in [0.1, 0.15) is 93.6 Å². The molecule has 1 radical (unpaired) electrons. The summed E-state index contributed by atoms with van der Waals surface area (Å²) in [5, 5.41) is 15.7. The molecule has 0 fully saturated rings. The zero-order chi connectivity index (χ0) is 33.7. The molecule has 0 aliphatic carbocycles. The first-order chi connectivity index (χ1) is 21.8. The molecule has 0 bridgehead atoms. The molecule has 0 saturated carbocycles. The zero-order valence-corrected chi connectivity index (χ0v) is 32.4. The molecule has 5 rings (SSSR count). The molecule has 1 N–H and O–H groups in total. The number of hydrogen-bond donors (Lipinski definition) is 1. The predicted octanol–water partition coefficient (Wildman–Crippen LogP) is 11.3. The second-order valence-electron chi connectivity index (χ2n) is 13.6. The van der Waals surface area contributed by atoms with Gasteiger partial charge in [-0.3, -0.25) is 9.78 Å². The van der Waals surface area contributed by atoms with Gasteiger partial charge in [-0.2, -0.15) is 0 Å². The summed E-state index contributed by atoms with van der Waals surface area (Å²) in [6, 6.07) is 22.4. The molecule has 3 heterocycles. The molecule has 251 valence electrons. The number of hydrogen-bond acceptors (Lipinski definition) is 6. The van der Waals surface area contributed by atoms with E-state index in [1.165, 1.54) is 17.0 Å². The van der Waals surface area contributed by atoms with Crippen LogP contribution in [-0.2, 0) is 30.3 Å². The smallest absolute Gasteiger partial charge is 0.164 e. The fourth-order valence-corrected chi connectivity index (χ4v) is 6.07. The minimum Gasteiger partial charge on any atom is -0.512 e. The van der Waals surface area contributed by atoms with Gasteiger partial charge in [-0.05, 0) is 60.7 Å². The Kier molecular flexibility index (Phi) is 12.8. The summed E-state index contributed by atoms with van der Waals surface area (Å²) in [5.41, 5.74) is 4.23. The fourth-order valence-electron chi connectivity index (χ4n) is 5.30. The van der Waals surface area contributed by atoms with Crippen molar-refractivity contribution >= 4 is 38.1 Å². The van der Waals surface area contributed by atoms with Gasteiger partial charge in [-0.1, -0.05) is 91.5 Å². The van der Waals surface area contributed by atoms with E-state index in [1.54, 1.807) is 17.7 Å². The molecule has 0 aliphatic rings. The Morgan fingerprint density at radius 1 is 0.830 bits per heavy atom. The van der Waals surface area contributed by atoms with Gasteiger partial charge in [0.1, 0.15) is 16.9 Å². The molecule has 5 nitrogen and oxygen atoms in total. The molecule has 5 aromatic rings. The van der Waals surface area contributed by atoms with Crippen LogP contribution >= 0.6 is 11.3 Å². The van der Waals surface area contributed by atoms with E-state index in [0.717, 1.165) is 63.9 Å². The maximum Gasteiger partial charge on any atom is 0.164 e. The summed E-state index contributed by atoms with van der Waals surface area (Å²) in [6.45, 7) is 18.8. The minimum atomic E-state index is -0.337. The van der Waals surface area contributed by atoms with Gasteiger partial charge in [0.25, 0.3) is 0 Å². The number of rotatable bonds is 9. The van der Waals surface area contributed by atoms with Gasteiger partial charge >= 0.3 is 0 Å². The molecule has 0 spiro atoms. The van der Waals surface area contributed by atoms with Crippen LogP contribution in [0.4, 0.5) is 0 Å². The molecule has 0 unspecified atom stereocenters. The van der Waals surface area contributed by atoms with Gasteiger partial charge in [-0.25, -0.2) is 9.97 Å². The van der Waals surface area contributed by atoms with E-state index in [2.05, 4.69) is 84.7 Å². The Labute approximate surface area is 298 Å². The van der Waals surface area contributed by atoms with Crippen molar-refractivity contribution in [3.8, 4) is 22.6 Å². The van der Waals surface area contributed by atoms with Crippen molar-refractivity contribution in [1.82, 2.24) is 15.0 Å². The van der Waals surface area contributed by atoms with Crippen LogP contribution in [0.2, 0.25) is 0 Å². The molecule has 0 atom stereocenters. The van der Waals surface area contributed by atoms with E-state index in [9.17, 15) is 9.90 Å². The largest absolute Gasteiger partial charge is 0.512 e. The number of thiophene rings is 1. The first-order valence-corrected chi connectivity index (χ1v) is 17.2. The number of aliphatic hydroxyl groups is 1. The topological polar surface area (TPSA) is 76.0 Å². The van der Waals surface area contributed by atoms with E-state index in [4.69, 9.17) is 4.98 Å². The molecular weight excluding hydrogens is 779 g/mol. The summed E-state index contributed by atoms with van der Waals surface area (Å²) < 4.78 is 0. The average Bonchev–Trinajstić information content (AvgIpc) is 3.55. The molecule has 47 heavy (non-hydrogen) atoms. The Balaban J connectivity index is 0.000000290. The Bertz CT molecular complexity index is 1850. The van der Waals surface area contributed by atoms with Crippen LogP contribution in [0.5, 0.6) is 0 Å². The molecule has 0 aliphatic heterocycles. The third kappa shape index (κ3) is 8.62. The van der Waals surface area contributed by atoms with E-state index in [0.29, 0.717) is 0 Å². The van der Waals surface area contributed by atoms with Crippen molar-refractivity contribution in [2.24, 2.45) is 10.8 Å². The minimum absolute atomic E-state index is 0. The van der Waals surface area contributed by atoms with Crippen LogP contribution in [0.15, 0.2) is 78.1 Å². The van der Waals surface area contributed by atoms with E-state index in [-0.39, 0.29) is 47.9 Å².